The Kier molecular flexibility index (Phi) is 7.37. The first kappa shape index (κ1) is 23.6. The molecule has 0 heterocycles. The Morgan fingerprint density at radius 3 is 2.34 bits per heavy atom. The zero-order valence-electron chi connectivity index (χ0n) is 17.4. The van der Waals surface area contributed by atoms with Gasteiger partial charge in [-0.2, -0.15) is 0 Å². The first-order valence-electron chi connectivity index (χ1n) is 9.80. The van der Waals surface area contributed by atoms with Crippen molar-refractivity contribution in [3.8, 4) is 5.75 Å². The van der Waals surface area contributed by atoms with Crippen LogP contribution in [0.15, 0.2) is 71.6 Å². The summed E-state index contributed by atoms with van der Waals surface area (Å²) < 4.78 is 46.6. The minimum Gasteiger partial charge on any atom is -0.481 e. The van der Waals surface area contributed by atoms with Gasteiger partial charge in [-0.05, 0) is 79.6 Å². The monoisotopic (exact) mass is 476 g/mol. The fourth-order valence-electron chi connectivity index (χ4n) is 2.86. The zero-order valence-corrected chi connectivity index (χ0v) is 19.0. The number of benzene rings is 3. The standard InChI is InChI=1S/C23H22ClFN2O4S/c1-3-22(31-18-11-7-16(25)8-12-18)23(28)26-17-9-13-19(14-10-17)32(29,30)27-21-6-4-5-20(24)15(21)2/h4-14,22,27H,3H2,1-2H3,(H,26,28). The number of rotatable bonds is 8. The number of hydrogen-bond donors (Lipinski definition) is 2. The average Bonchev–Trinajstić information content (AvgIpc) is 2.76. The van der Waals surface area contributed by atoms with Gasteiger partial charge in [-0.25, -0.2) is 12.8 Å². The third kappa shape index (κ3) is 5.77. The van der Waals surface area contributed by atoms with E-state index in [1.807, 2.05) is 0 Å². The molecule has 1 amide bonds. The fourth-order valence-corrected chi connectivity index (χ4v) is 4.16. The highest BCUT2D eigenvalue weighted by atomic mass is 35.5. The maximum Gasteiger partial charge on any atom is 0.265 e. The van der Waals surface area contributed by atoms with Crippen LogP contribution in [0.5, 0.6) is 5.75 Å². The maximum absolute atomic E-state index is 13.0. The molecule has 0 saturated heterocycles. The summed E-state index contributed by atoms with van der Waals surface area (Å²) in [5, 5.41) is 3.15. The van der Waals surface area contributed by atoms with Gasteiger partial charge in [-0.1, -0.05) is 24.6 Å². The molecule has 1 atom stereocenters. The molecule has 3 aromatic carbocycles. The summed E-state index contributed by atoms with van der Waals surface area (Å²) in [5.74, 6) is -0.428. The second-order valence-corrected chi connectivity index (χ2v) is 9.09. The highest BCUT2D eigenvalue weighted by molar-refractivity contribution is 7.92. The molecule has 3 aromatic rings. The van der Waals surface area contributed by atoms with Gasteiger partial charge in [0.1, 0.15) is 11.6 Å². The minimum atomic E-state index is -3.84. The summed E-state index contributed by atoms with van der Waals surface area (Å²) in [5.41, 5.74) is 1.42. The Hall–Kier alpha value is -3.10. The highest BCUT2D eigenvalue weighted by Gasteiger charge is 2.20. The maximum atomic E-state index is 13.0. The second-order valence-electron chi connectivity index (χ2n) is 7.00. The number of sulfonamides is 1. The van der Waals surface area contributed by atoms with E-state index in [1.165, 1.54) is 48.5 Å². The van der Waals surface area contributed by atoms with Crippen molar-refractivity contribution in [2.24, 2.45) is 0 Å². The van der Waals surface area contributed by atoms with Gasteiger partial charge in [0.05, 0.1) is 10.6 Å². The Morgan fingerprint density at radius 2 is 1.72 bits per heavy atom. The third-order valence-corrected chi connectivity index (χ3v) is 6.49. The lowest BCUT2D eigenvalue weighted by Gasteiger charge is -2.17. The van der Waals surface area contributed by atoms with Crippen LogP contribution < -0.4 is 14.8 Å². The number of carbonyl (C=O) groups is 1. The Bertz CT molecular complexity index is 1200. The van der Waals surface area contributed by atoms with E-state index in [0.717, 1.165) is 0 Å². The van der Waals surface area contributed by atoms with Crippen LogP contribution >= 0.6 is 11.6 Å². The van der Waals surface area contributed by atoms with Gasteiger partial charge < -0.3 is 10.1 Å². The number of anilines is 2. The van der Waals surface area contributed by atoms with Crippen LogP contribution in [0, 0.1) is 12.7 Å². The van der Waals surface area contributed by atoms with E-state index in [2.05, 4.69) is 10.0 Å². The number of amides is 1. The lowest BCUT2D eigenvalue weighted by Crippen LogP contribution is -2.32. The largest absolute Gasteiger partial charge is 0.481 e. The summed E-state index contributed by atoms with van der Waals surface area (Å²) >= 11 is 6.05. The van der Waals surface area contributed by atoms with E-state index in [4.69, 9.17) is 16.3 Å². The van der Waals surface area contributed by atoms with Crippen molar-refractivity contribution < 1.29 is 22.3 Å². The molecule has 9 heteroatoms. The van der Waals surface area contributed by atoms with Crippen LogP contribution in [-0.2, 0) is 14.8 Å². The molecule has 0 bridgehead atoms. The number of halogens is 2. The molecule has 3 rings (SSSR count). The Morgan fingerprint density at radius 1 is 1.06 bits per heavy atom. The number of ether oxygens (including phenoxy) is 1. The van der Waals surface area contributed by atoms with Crippen LogP contribution in [0.4, 0.5) is 15.8 Å². The lowest BCUT2D eigenvalue weighted by molar-refractivity contribution is -0.122. The van der Waals surface area contributed by atoms with Crippen LogP contribution in [0.2, 0.25) is 5.02 Å². The minimum absolute atomic E-state index is 0.0319. The van der Waals surface area contributed by atoms with Crippen LogP contribution in [-0.4, -0.2) is 20.4 Å². The molecule has 0 aliphatic rings. The van der Waals surface area contributed by atoms with Gasteiger partial charge in [0.15, 0.2) is 6.10 Å². The van der Waals surface area contributed by atoms with Gasteiger partial charge in [0, 0.05) is 10.7 Å². The molecule has 32 heavy (non-hydrogen) atoms. The second kappa shape index (κ2) is 10.0. The SMILES string of the molecule is CCC(Oc1ccc(F)cc1)C(=O)Nc1ccc(S(=O)(=O)Nc2cccc(Cl)c2C)cc1. The summed E-state index contributed by atoms with van der Waals surface area (Å²) in [6.07, 6.45) is -0.408. The first-order chi connectivity index (χ1) is 15.2. The molecule has 0 radical (unpaired) electrons. The van der Waals surface area contributed by atoms with Crippen molar-refractivity contribution in [3.63, 3.8) is 0 Å². The van der Waals surface area contributed by atoms with E-state index in [0.29, 0.717) is 34.1 Å². The highest BCUT2D eigenvalue weighted by Crippen LogP contribution is 2.26. The van der Waals surface area contributed by atoms with Crippen molar-refractivity contribution in [1.29, 1.82) is 0 Å². The van der Waals surface area contributed by atoms with Gasteiger partial charge in [0.25, 0.3) is 15.9 Å². The Labute approximate surface area is 191 Å². The van der Waals surface area contributed by atoms with E-state index in [-0.39, 0.29) is 4.90 Å². The van der Waals surface area contributed by atoms with E-state index >= 15 is 0 Å². The van der Waals surface area contributed by atoms with Gasteiger partial charge in [0.2, 0.25) is 0 Å². The topological polar surface area (TPSA) is 84.5 Å². The molecule has 1 unspecified atom stereocenters. The Balaban J connectivity index is 1.68. The molecular formula is C23H22ClFN2O4S. The normalized spacial score (nSPS) is 12.1. The number of carbonyl (C=O) groups excluding carboxylic acids is 1. The van der Waals surface area contributed by atoms with Crippen molar-refractivity contribution in [2.75, 3.05) is 10.0 Å². The molecule has 0 fully saturated rings. The number of hydrogen-bond acceptors (Lipinski definition) is 4. The van der Waals surface area contributed by atoms with E-state index in [9.17, 15) is 17.6 Å². The zero-order chi connectivity index (χ0) is 23.3. The summed E-state index contributed by atoms with van der Waals surface area (Å²) in [4.78, 5) is 12.6. The van der Waals surface area contributed by atoms with E-state index in [1.54, 1.807) is 32.0 Å². The van der Waals surface area contributed by atoms with Crippen molar-refractivity contribution in [3.05, 3.63) is 83.1 Å². The fraction of sp³-hybridized carbons (Fsp3) is 0.174. The predicted molar refractivity (Wildman–Crippen MR) is 123 cm³/mol. The van der Waals surface area contributed by atoms with Gasteiger partial charge in [-0.15, -0.1) is 0 Å². The summed E-state index contributed by atoms with van der Waals surface area (Å²) in [6, 6.07) is 16.1. The lowest BCUT2D eigenvalue weighted by atomic mass is 10.2. The van der Waals surface area contributed by atoms with Crippen LogP contribution in [0.3, 0.4) is 0 Å². The van der Waals surface area contributed by atoms with Gasteiger partial charge >= 0.3 is 0 Å². The molecule has 0 saturated carbocycles. The third-order valence-electron chi connectivity index (χ3n) is 4.70. The molecule has 0 aromatic heterocycles. The average molecular weight is 477 g/mol. The molecule has 0 aliphatic heterocycles. The van der Waals surface area contributed by atoms with Crippen molar-refractivity contribution >= 4 is 38.9 Å². The molecule has 168 valence electrons. The van der Waals surface area contributed by atoms with Crippen LogP contribution in [0.25, 0.3) is 0 Å². The first-order valence-corrected chi connectivity index (χ1v) is 11.7. The molecule has 2 N–H and O–H groups in total. The van der Waals surface area contributed by atoms with Crippen molar-refractivity contribution in [1.82, 2.24) is 0 Å². The smallest absolute Gasteiger partial charge is 0.265 e. The summed E-state index contributed by atoms with van der Waals surface area (Å²) in [7, 11) is -3.84. The molecule has 0 aliphatic carbocycles. The van der Waals surface area contributed by atoms with Crippen LogP contribution in [0.1, 0.15) is 18.9 Å². The van der Waals surface area contributed by atoms with Gasteiger partial charge in [-0.3, -0.25) is 9.52 Å². The number of nitrogens with one attached hydrogen (secondary N) is 2. The van der Waals surface area contributed by atoms with Crippen molar-refractivity contribution in [2.45, 2.75) is 31.3 Å². The quantitative estimate of drug-likeness (QED) is 0.457. The molecular weight excluding hydrogens is 455 g/mol. The predicted octanol–water partition coefficient (Wildman–Crippen LogP) is 5.38. The molecule has 6 nitrogen and oxygen atoms in total. The van der Waals surface area contributed by atoms with E-state index < -0.39 is 27.9 Å². The molecule has 0 spiro atoms. The summed E-state index contributed by atoms with van der Waals surface area (Å²) in [6.45, 7) is 3.50.